The molecule has 1 aliphatic heterocycles. The van der Waals surface area contributed by atoms with Gasteiger partial charge in [-0.1, -0.05) is 30.3 Å². The molecule has 5 heteroatoms. The highest BCUT2D eigenvalue weighted by Gasteiger charge is 2.28. The average Bonchev–Trinajstić information content (AvgIpc) is 2.63. The third-order valence-electron chi connectivity index (χ3n) is 4.59. The van der Waals surface area contributed by atoms with Crippen LogP contribution in [0.2, 0.25) is 0 Å². The smallest absolute Gasteiger partial charge is 0.225 e. The summed E-state index contributed by atoms with van der Waals surface area (Å²) in [6.07, 6.45) is 3.04. The summed E-state index contributed by atoms with van der Waals surface area (Å²) in [7, 11) is 0. The summed E-state index contributed by atoms with van der Waals surface area (Å²) in [4.78, 5) is 23.7. The van der Waals surface area contributed by atoms with Crippen LogP contribution in [0.1, 0.15) is 34.0 Å². The number of rotatable bonds is 2. The van der Waals surface area contributed by atoms with Crippen LogP contribution in [0.3, 0.4) is 0 Å². The Hall–Kier alpha value is -2.27. The molecule has 118 valence electrons. The minimum atomic E-state index is 0.147. The number of carbonyl (C=O) groups excluding carboxylic acids is 1. The number of hydrogen-bond donors (Lipinski definition) is 0. The van der Waals surface area contributed by atoms with E-state index in [1.54, 1.807) is 6.20 Å². The van der Waals surface area contributed by atoms with E-state index in [4.69, 9.17) is 9.72 Å². The SMILES string of the molecule is O=C1CC(c2ccccc2)Cc2nc(N3CCOCC3)ncc21. The molecular formula is C18H19N3O2. The Labute approximate surface area is 135 Å². The van der Waals surface area contributed by atoms with Gasteiger partial charge in [0.15, 0.2) is 5.78 Å². The van der Waals surface area contributed by atoms with E-state index in [1.807, 2.05) is 18.2 Å². The lowest BCUT2D eigenvalue weighted by Gasteiger charge is -2.28. The fourth-order valence-corrected chi connectivity index (χ4v) is 3.31. The highest BCUT2D eigenvalue weighted by atomic mass is 16.5. The van der Waals surface area contributed by atoms with Crippen LogP contribution in [0, 0.1) is 0 Å². The molecule has 1 atom stereocenters. The number of carbonyl (C=O) groups is 1. The fraction of sp³-hybridized carbons (Fsp3) is 0.389. The van der Waals surface area contributed by atoms with E-state index < -0.39 is 0 Å². The maximum Gasteiger partial charge on any atom is 0.225 e. The van der Waals surface area contributed by atoms with Gasteiger partial charge in [-0.25, -0.2) is 9.97 Å². The summed E-state index contributed by atoms with van der Waals surface area (Å²) in [5.74, 6) is 1.07. The molecule has 2 aromatic rings. The second-order valence-corrected chi connectivity index (χ2v) is 6.07. The monoisotopic (exact) mass is 309 g/mol. The average molecular weight is 309 g/mol. The van der Waals surface area contributed by atoms with Gasteiger partial charge in [-0.05, 0) is 17.9 Å². The molecule has 0 spiro atoms. The number of morpholine rings is 1. The quantitative estimate of drug-likeness (QED) is 0.851. The largest absolute Gasteiger partial charge is 0.378 e. The molecule has 2 aliphatic rings. The number of anilines is 1. The Morgan fingerprint density at radius 3 is 2.65 bits per heavy atom. The first kappa shape index (κ1) is 14.3. The van der Waals surface area contributed by atoms with Crippen LogP contribution in [-0.2, 0) is 11.2 Å². The van der Waals surface area contributed by atoms with Gasteiger partial charge in [-0.2, -0.15) is 0 Å². The minimum Gasteiger partial charge on any atom is -0.378 e. The molecular weight excluding hydrogens is 290 g/mol. The van der Waals surface area contributed by atoms with Crippen LogP contribution in [0.15, 0.2) is 36.5 Å². The van der Waals surface area contributed by atoms with Crippen molar-refractivity contribution in [3.63, 3.8) is 0 Å². The summed E-state index contributed by atoms with van der Waals surface area (Å²) in [5.41, 5.74) is 2.78. The maximum atomic E-state index is 12.4. The maximum absolute atomic E-state index is 12.4. The zero-order valence-electron chi connectivity index (χ0n) is 12.9. The Kier molecular flexibility index (Phi) is 3.79. The van der Waals surface area contributed by atoms with Gasteiger partial charge in [0.05, 0.1) is 24.5 Å². The predicted molar refractivity (Wildman–Crippen MR) is 86.9 cm³/mol. The fourth-order valence-electron chi connectivity index (χ4n) is 3.31. The zero-order chi connectivity index (χ0) is 15.6. The van der Waals surface area contributed by atoms with E-state index in [9.17, 15) is 4.79 Å². The van der Waals surface area contributed by atoms with Gasteiger partial charge in [0.1, 0.15) is 0 Å². The first-order chi connectivity index (χ1) is 11.3. The van der Waals surface area contributed by atoms with Crippen LogP contribution in [0.5, 0.6) is 0 Å². The van der Waals surface area contributed by atoms with E-state index in [0.717, 1.165) is 25.2 Å². The third kappa shape index (κ3) is 2.84. The molecule has 2 heterocycles. The molecule has 0 amide bonds. The second-order valence-electron chi connectivity index (χ2n) is 6.07. The number of Topliss-reactive ketones (excluding diaryl/α,β-unsaturated/α-hetero) is 1. The van der Waals surface area contributed by atoms with Crippen molar-refractivity contribution in [2.24, 2.45) is 0 Å². The van der Waals surface area contributed by atoms with Crippen LogP contribution in [0.25, 0.3) is 0 Å². The second kappa shape index (κ2) is 6.08. The van der Waals surface area contributed by atoms with Crippen molar-refractivity contribution in [2.75, 3.05) is 31.2 Å². The number of ketones is 1. The molecule has 0 radical (unpaired) electrons. The number of ether oxygens (including phenoxy) is 1. The topological polar surface area (TPSA) is 55.3 Å². The van der Waals surface area contributed by atoms with Crippen molar-refractivity contribution in [1.29, 1.82) is 0 Å². The van der Waals surface area contributed by atoms with Crippen molar-refractivity contribution in [3.8, 4) is 0 Å². The van der Waals surface area contributed by atoms with Crippen LogP contribution < -0.4 is 4.90 Å². The van der Waals surface area contributed by atoms with Gasteiger partial charge in [0.25, 0.3) is 0 Å². The molecule has 1 unspecified atom stereocenters. The normalized spacial score (nSPS) is 21.1. The number of benzene rings is 1. The highest BCUT2D eigenvalue weighted by Crippen LogP contribution is 2.32. The Morgan fingerprint density at radius 2 is 1.87 bits per heavy atom. The lowest BCUT2D eigenvalue weighted by Crippen LogP contribution is -2.37. The van der Waals surface area contributed by atoms with Gasteiger partial charge in [0, 0.05) is 25.7 Å². The molecule has 1 aliphatic carbocycles. The first-order valence-electron chi connectivity index (χ1n) is 8.08. The van der Waals surface area contributed by atoms with Gasteiger partial charge in [0.2, 0.25) is 5.95 Å². The highest BCUT2D eigenvalue weighted by molar-refractivity contribution is 5.98. The summed E-state index contributed by atoms with van der Waals surface area (Å²) < 4.78 is 5.37. The Morgan fingerprint density at radius 1 is 1.09 bits per heavy atom. The van der Waals surface area contributed by atoms with Crippen molar-refractivity contribution in [2.45, 2.75) is 18.8 Å². The van der Waals surface area contributed by atoms with Crippen LogP contribution >= 0.6 is 0 Å². The van der Waals surface area contributed by atoms with Gasteiger partial charge in [-0.3, -0.25) is 4.79 Å². The number of hydrogen-bond acceptors (Lipinski definition) is 5. The molecule has 5 nitrogen and oxygen atoms in total. The number of fused-ring (bicyclic) bond motifs is 1. The number of nitrogens with zero attached hydrogens (tertiary/aromatic N) is 3. The molecule has 1 aromatic heterocycles. The van der Waals surface area contributed by atoms with E-state index in [2.05, 4.69) is 22.0 Å². The van der Waals surface area contributed by atoms with Crippen molar-refractivity contribution >= 4 is 11.7 Å². The molecule has 0 bridgehead atoms. The summed E-state index contributed by atoms with van der Waals surface area (Å²) in [5, 5.41) is 0. The summed E-state index contributed by atoms with van der Waals surface area (Å²) in [6.45, 7) is 3.00. The van der Waals surface area contributed by atoms with Crippen molar-refractivity contribution in [3.05, 3.63) is 53.3 Å². The Bertz CT molecular complexity index is 711. The molecule has 0 N–H and O–H groups in total. The summed E-state index contributed by atoms with van der Waals surface area (Å²) in [6, 6.07) is 10.2. The van der Waals surface area contributed by atoms with Crippen LogP contribution in [0.4, 0.5) is 5.95 Å². The van der Waals surface area contributed by atoms with E-state index >= 15 is 0 Å². The summed E-state index contributed by atoms with van der Waals surface area (Å²) >= 11 is 0. The minimum absolute atomic E-state index is 0.147. The molecule has 23 heavy (non-hydrogen) atoms. The molecule has 1 saturated heterocycles. The molecule has 1 aromatic carbocycles. The van der Waals surface area contributed by atoms with Gasteiger partial charge < -0.3 is 9.64 Å². The van der Waals surface area contributed by atoms with Gasteiger partial charge >= 0.3 is 0 Å². The first-order valence-corrected chi connectivity index (χ1v) is 8.08. The molecule has 4 rings (SSSR count). The molecule has 0 saturated carbocycles. The van der Waals surface area contributed by atoms with E-state index in [1.165, 1.54) is 5.56 Å². The standard InChI is InChI=1S/C18H19N3O2/c22-17-11-14(13-4-2-1-3-5-13)10-16-15(17)12-19-18(20-16)21-6-8-23-9-7-21/h1-5,12,14H,6-11H2. The zero-order valence-corrected chi connectivity index (χ0v) is 12.9. The lowest BCUT2D eigenvalue weighted by atomic mass is 9.82. The third-order valence-corrected chi connectivity index (χ3v) is 4.59. The lowest BCUT2D eigenvalue weighted by molar-refractivity contribution is 0.0962. The van der Waals surface area contributed by atoms with Gasteiger partial charge in [-0.15, -0.1) is 0 Å². The van der Waals surface area contributed by atoms with E-state index in [0.29, 0.717) is 31.1 Å². The van der Waals surface area contributed by atoms with Crippen molar-refractivity contribution < 1.29 is 9.53 Å². The Balaban J connectivity index is 1.63. The number of aromatic nitrogens is 2. The van der Waals surface area contributed by atoms with Crippen LogP contribution in [-0.4, -0.2) is 42.1 Å². The predicted octanol–water partition coefficient (Wildman–Crippen LogP) is 2.23. The molecule has 1 fully saturated rings. The van der Waals surface area contributed by atoms with E-state index in [-0.39, 0.29) is 11.7 Å². The van der Waals surface area contributed by atoms with Crippen molar-refractivity contribution in [1.82, 2.24) is 9.97 Å².